The first-order chi connectivity index (χ1) is 13.3. The molecule has 2 heterocycles. The minimum Gasteiger partial charge on any atom is -0.361 e. The van der Waals surface area contributed by atoms with Crippen LogP contribution in [0.25, 0.3) is 0 Å². The Hall–Kier alpha value is -2.19. The van der Waals surface area contributed by atoms with Crippen LogP contribution in [0.4, 0.5) is 5.69 Å². The minimum atomic E-state index is -3.48. The maximum atomic E-state index is 12.7. The van der Waals surface area contributed by atoms with Crippen molar-refractivity contribution in [3.8, 4) is 0 Å². The molecule has 0 radical (unpaired) electrons. The van der Waals surface area contributed by atoms with E-state index in [9.17, 15) is 13.2 Å². The van der Waals surface area contributed by atoms with Crippen molar-refractivity contribution in [1.82, 2.24) is 9.46 Å². The number of rotatable bonds is 6. The second-order valence-electron chi connectivity index (χ2n) is 7.46. The number of hydrogen-bond acceptors (Lipinski definition) is 5. The summed E-state index contributed by atoms with van der Waals surface area (Å²) in [6.07, 6.45) is 2.62. The van der Waals surface area contributed by atoms with Crippen molar-refractivity contribution in [2.24, 2.45) is 5.92 Å². The summed E-state index contributed by atoms with van der Waals surface area (Å²) in [6.45, 7) is 6.95. The van der Waals surface area contributed by atoms with E-state index in [-0.39, 0.29) is 10.8 Å². The van der Waals surface area contributed by atoms with Crippen molar-refractivity contribution < 1.29 is 17.7 Å². The number of carbonyl (C=O) groups excluding carboxylic acids is 1. The molecule has 1 aromatic carbocycles. The number of amides is 1. The van der Waals surface area contributed by atoms with Crippen molar-refractivity contribution in [2.45, 2.75) is 51.3 Å². The Morgan fingerprint density at radius 3 is 2.43 bits per heavy atom. The Morgan fingerprint density at radius 2 is 1.86 bits per heavy atom. The molecule has 2 aromatic rings. The van der Waals surface area contributed by atoms with Crippen LogP contribution < -0.4 is 5.32 Å². The first kappa shape index (κ1) is 20.5. The van der Waals surface area contributed by atoms with Crippen molar-refractivity contribution in [3.63, 3.8) is 0 Å². The maximum Gasteiger partial charge on any atom is 0.243 e. The van der Waals surface area contributed by atoms with Gasteiger partial charge >= 0.3 is 0 Å². The molecule has 8 heteroatoms. The van der Waals surface area contributed by atoms with Gasteiger partial charge in [0.25, 0.3) is 0 Å². The van der Waals surface area contributed by atoms with Gasteiger partial charge in [-0.3, -0.25) is 4.79 Å². The topological polar surface area (TPSA) is 92.5 Å². The fourth-order valence-electron chi connectivity index (χ4n) is 3.41. The zero-order chi connectivity index (χ0) is 20.3. The summed E-state index contributed by atoms with van der Waals surface area (Å²) >= 11 is 0. The summed E-state index contributed by atoms with van der Waals surface area (Å²) in [6, 6.07) is 6.37. The first-order valence-electron chi connectivity index (χ1n) is 9.59. The minimum absolute atomic E-state index is 0.138. The lowest BCUT2D eigenvalue weighted by Crippen LogP contribution is -2.37. The quantitative estimate of drug-likeness (QED) is 0.796. The van der Waals surface area contributed by atoms with E-state index in [1.165, 1.54) is 0 Å². The number of aryl methyl sites for hydroxylation is 2. The van der Waals surface area contributed by atoms with Gasteiger partial charge in [-0.1, -0.05) is 12.1 Å². The molecule has 3 rings (SSSR count). The second kappa shape index (κ2) is 8.45. The average molecular weight is 406 g/mol. The predicted octanol–water partition coefficient (Wildman–Crippen LogP) is 3.28. The van der Waals surface area contributed by atoms with Gasteiger partial charge in [-0.15, -0.1) is 0 Å². The van der Waals surface area contributed by atoms with Gasteiger partial charge in [0, 0.05) is 30.8 Å². The van der Waals surface area contributed by atoms with Crippen LogP contribution in [-0.4, -0.2) is 36.9 Å². The molecular formula is C20H27N3O4S. The number of anilines is 1. The van der Waals surface area contributed by atoms with Gasteiger partial charge in [0.15, 0.2) is 0 Å². The number of piperidine rings is 1. The molecule has 1 aliphatic rings. The number of carbonyl (C=O) groups is 1. The molecule has 152 valence electrons. The number of aromatic nitrogens is 1. The molecular weight excluding hydrogens is 378 g/mol. The van der Waals surface area contributed by atoms with Gasteiger partial charge in [0.2, 0.25) is 15.9 Å². The van der Waals surface area contributed by atoms with E-state index in [4.69, 9.17) is 4.52 Å². The Morgan fingerprint density at radius 1 is 1.21 bits per heavy atom. The SMILES string of the molecule is Cc1noc(C)c1CCC(=O)Nc1ccc(S(=O)(=O)N2CCC(C)CC2)cc1. The highest BCUT2D eigenvalue weighted by atomic mass is 32.2. The largest absolute Gasteiger partial charge is 0.361 e. The van der Waals surface area contributed by atoms with Crippen LogP contribution in [-0.2, 0) is 21.2 Å². The highest BCUT2D eigenvalue weighted by molar-refractivity contribution is 7.89. The fraction of sp³-hybridized carbons (Fsp3) is 0.500. The third kappa shape index (κ3) is 4.62. The van der Waals surface area contributed by atoms with Crippen LogP contribution >= 0.6 is 0 Å². The first-order valence-corrected chi connectivity index (χ1v) is 11.0. The molecule has 1 fully saturated rings. The van der Waals surface area contributed by atoms with Gasteiger partial charge in [-0.2, -0.15) is 4.31 Å². The average Bonchev–Trinajstić information content (AvgIpc) is 2.98. The van der Waals surface area contributed by atoms with Crippen molar-refractivity contribution >= 4 is 21.6 Å². The number of benzene rings is 1. The van der Waals surface area contributed by atoms with E-state index < -0.39 is 10.0 Å². The van der Waals surface area contributed by atoms with Crippen molar-refractivity contribution in [2.75, 3.05) is 18.4 Å². The van der Waals surface area contributed by atoms with Crippen LogP contribution in [0.3, 0.4) is 0 Å². The van der Waals surface area contributed by atoms with Crippen LogP contribution in [0, 0.1) is 19.8 Å². The van der Waals surface area contributed by atoms with Crippen LogP contribution in [0.2, 0.25) is 0 Å². The summed E-state index contributed by atoms with van der Waals surface area (Å²) < 4.78 is 32.1. The van der Waals surface area contributed by atoms with Crippen LogP contribution in [0.15, 0.2) is 33.7 Å². The number of sulfonamides is 1. The molecule has 0 saturated carbocycles. The molecule has 7 nitrogen and oxygen atoms in total. The Balaban J connectivity index is 1.58. The summed E-state index contributed by atoms with van der Waals surface area (Å²) in [5, 5.41) is 6.69. The van der Waals surface area contributed by atoms with E-state index in [0.717, 1.165) is 29.9 Å². The molecule has 1 aromatic heterocycles. The molecule has 0 bridgehead atoms. The maximum absolute atomic E-state index is 12.7. The van der Waals surface area contributed by atoms with Crippen molar-refractivity contribution in [1.29, 1.82) is 0 Å². The number of hydrogen-bond donors (Lipinski definition) is 1. The van der Waals surface area contributed by atoms with Gasteiger partial charge in [0.1, 0.15) is 5.76 Å². The van der Waals surface area contributed by atoms with Crippen LogP contribution in [0.5, 0.6) is 0 Å². The van der Waals surface area contributed by atoms with Gasteiger partial charge in [-0.05, 0) is 63.3 Å². The molecule has 0 spiro atoms. The van der Waals surface area contributed by atoms with E-state index >= 15 is 0 Å². The molecule has 0 atom stereocenters. The Bertz CT molecular complexity index is 907. The lowest BCUT2D eigenvalue weighted by molar-refractivity contribution is -0.116. The number of nitrogens with zero attached hydrogens (tertiary/aromatic N) is 2. The summed E-state index contributed by atoms with van der Waals surface area (Å²) in [7, 11) is -3.48. The molecule has 1 saturated heterocycles. The van der Waals surface area contributed by atoms with Crippen LogP contribution in [0.1, 0.15) is 43.2 Å². The van der Waals surface area contributed by atoms with Gasteiger partial charge in [-0.25, -0.2) is 8.42 Å². The zero-order valence-corrected chi connectivity index (χ0v) is 17.4. The van der Waals surface area contributed by atoms with E-state index in [0.29, 0.717) is 37.5 Å². The van der Waals surface area contributed by atoms with E-state index in [1.807, 2.05) is 13.8 Å². The summed E-state index contributed by atoms with van der Waals surface area (Å²) in [4.78, 5) is 12.5. The summed E-state index contributed by atoms with van der Waals surface area (Å²) in [5.74, 6) is 1.15. The van der Waals surface area contributed by atoms with E-state index in [2.05, 4.69) is 17.4 Å². The molecule has 1 amide bonds. The third-order valence-corrected chi connectivity index (χ3v) is 7.21. The standard InChI is InChI=1S/C20H27N3O4S/c1-14-10-12-23(13-11-14)28(25,26)18-6-4-17(5-7-18)21-20(24)9-8-19-15(2)22-27-16(19)3/h4-7,14H,8-13H2,1-3H3,(H,21,24). The van der Waals surface area contributed by atoms with Gasteiger partial charge in [0.05, 0.1) is 10.6 Å². The fourth-order valence-corrected chi connectivity index (χ4v) is 4.88. The molecule has 1 N–H and O–H groups in total. The third-order valence-electron chi connectivity index (χ3n) is 5.30. The number of nitrogens with one attached hydrogen (secondary N) is 1. The molecule has 0 aliphatic carbocycles. The normalized spacial score (nSPS) is 16.2. The summed E-state index contributed by atoms with van der Waals surface area (Å²) in [5.41, 5.74) is 2.33. The Kier molecular flexibility index (Phi) is 6.20. The monoisotopic (exact) mass is 405 g/mol. The predicted molar refractivity (Wildman–Crippen MR) is 107 cm³/mol. The second-order valence-corrected chi connectivity index (χ2v) is 9.40. The smallest absolute Gasteiger partial charge is 0.243 e. The van der Waals surface area contributed by atoms with E-state index in [1.54, 1.807) is 28.6 Å². The highest BCUT2D eigenvalue weighted by Crippen LogP contribution is 2.24. The Labute approximate surface area is 166 Å². The lowest BCUT2D eigenvalue weighted by Gasteiger charge is -2.29. The molecule has 0 unspecified atom stereocenters. The zero-order valence-electron chi connectivity index (χ0n) is 16.6. The molecule has 28 heavy (non-hydrogen) atoms. The molecule has 1 aliphatic heterocycles. The van der Waals surface area contributed by atoms with Gasteiger partial charge < -0.3 is 9.84 Å². The highest BCUT2D eigenvalue weighted by Gasteiger charge is 2.27. The lowest BCUT2D eigenvalue weighted by atomic mass is 10.0. The van der Waals surface area contributed by atoms with Crippen molar-refractivity contribution in [3.05, 3.63) is 41.3 Å².